The van der Waals surface area contributed by atoms with Crippen molar-refractivity contribution in [1.82, 2.24) is 0 Å². The third-order valence-corrected chi connectivity index (χ3v) is 0. The zero-order valence-electron chi connectivity index (χ0n) is 2.12. The maximum absolute atomic E-state index is 4.94. The first-order valence-corrected chi connectivity index (χ1v) is 5.89. The normalized spacial score (nSPS) is 5.40. The number of rotatable bonds is 0. The summed E-state index contributed by atoms with van der Waals surface area (Å²) in [7, 11) is 14.8. The Balaban J connectivity index is 0. The van der Waals surface area contributed by atoms with E-state index in [-0.39, 0.29) is 21.1 Å². The molecule has 0 fully saturated rings. The second-order valence-corrected chi connectivity index (χ2v) is 6.68. The van der Waals surface area contributed by atoms with E-state index in [2.05, 4.69) is 0 Å². The van der Waals surface area contributed by atoms with Crippen molar-refractivity contribution >= 4 is 41.5 Å². The maximum atomic E-state index is 4.94. The Hall–Kier alpha value is 2.09. The van der Waals surface area contributed by atoms with Crippen molar-refractivity contribution in [2.24, 2.45) is 0 Å². The van der Waals surface area contributed by atoms with Crippen molar-refractivity contribution in [2.45, 2.75) is 0 Å². The molecule has 0 amide bonds. The number of hydrogen-bond donors (Lipinski definition) is 0. The SMILES string of the molecule is [Cl][Al]([Cl])[Cl].[Mo]. The van der Waals surface area contributed by atoms with E-state index < -0.39 is 11.4 Å². The first kappa shape index (κ1) is 10.2. The van der Waals surface area contributed by atoms with Crippen LogP contribution in [0.1, 0.15) is 0 Å². The van der Waals surface area contributed by atoms with Crippen LogP contribution >= 0.6 is 30.1 Å². The van der Waals surface area contributed by atoms with E-state index in [0.717, 1.165) is 0 Å². The van der Waals surface area contributed by atoms with Crippen LogP contribution in [0.2, 0.25) is 0 Å². The van der Waals surface area contributed by atoms with E-state index >= 15 is 0 Å². The van der Waals surface area contributed by atoms with Crippen LogP contribution < -0.4 is 0 Å². The minimum atomic E-state index is -1.72. The van der Waals surface area contributed by atoms with E-state index in [4.69, 9.17) is 30.1 Å². The molecule has 0 nitrogen and oxygen atoms in total. The maximum Gasteiger partial charge on any atom is 0.643 e. The van der Waals surface area contributed by atoms with Crippen molar-refractivity contribution in [3.63, 3.8) is 0 Å². The van der Waals surface area contributed by atoms with Gasteiger partial charge in [-0.15, -0.1) is 0 Å². The molecular formula is AlCl3Mo. The van der Waals surface area contributed by atoms with Gasteiger partial charge < -0.3 is 0 Å². The molecule has 0 aromatic carbocycles. The van der Waals surface area contributed by atoms with Gasteiger partial charge in [-0.3, -0.25) is 0 Å². The fraction of sp³-hybridized carbons (Fsp3) is 0. The van der Waals surface area contributed by atoms with E-state index in [0.29, 0.717) is 0 Å². The van der Waals surface area contributed by atoms with E-state index in [1.165, 1.54) is 0 Å². The number of halogens is 3. The van der Waals surface area contributed by atoms with Gasteiger partial charge in [0.15, 0.2) is 0 Å². The van der Waals surface area contributed by atoms with Crippen LogP contribution in [0, 0.1) is 0 Å². The largest absolute Gasteiger partial charge is 0.643 e. The Labute approximate surface area is 62.0 Å². The molecule has 0 spiro atoms. The van der Waals surface area contributed by atoms with Crippen LogP contribution in [0.15, 0.2) is 0 Å². The molecular weight excluding hydrogens is 229 g/mol. The molecule has 0 aromatic heterocycles. The molecule has 0 unspecified atom stereocenters. The monoisotopic (exact) mass is 230 g/mol. The van der Waals surface area contributed by atoms with Crippen LogP contribution in [0.4, 0.5) is 0 Å². The molecule has 5 heavy (non-hydrogen) atoms. The molecule has 0 atom stereocenters. The zero-order valence-corrected chi connectivity index (χ0v) is 7.55. The Kier molecular flexibility index (Phi) is 12.4. The fourth-order valence-electron chi connectivity index (χ4n) is 0. The minimum absolute atomic E-state index is 0. The van der Waals surface area contributed by atoms with Crippen molar-refractivity contribution in [2.75, 3.05) is 0 Å². The van der Waals surface area contributed by atoms with E-state index in [1.54, 1.807) is 0 Å². The number of hydrogen-bond acceptors (Lipinski definition) is 0. The smallest absolute Gasteiger partial charge is 0.214 e. The molecule has 0 bridgehead atoms. The van der Waals surface area contributed by atoms with Gasteiger partial charge in [0.25, 0.3) is 0 Å². The second kappa shape index (κ2) is 6.09. The van der Waals surface area contributed by atoms with Crippen LogP contribution in [0.5, 0.6) is 0 Å². The Morgan fingerprint density at radius 1 is 1.00 bits per heavy atom. The van der Waals surface area contributed by atoms with Crippen LogP contribution in [0.3, 0.4) is 0 Å². The average Bonchev–Trinajstić information content (AvgIpc) is 0.811. The summed E-state index contributed by atoms with van der Waals surface area (Å²) in [5, 5.41) is 0. The first-order valence-electron chi connectivity index (χ1n) is 0.655. The summed E-state index contributed by atoms with van der Waals surface area (Å²) in [6, 6.07) is 0. The van der Waals surface area contributed by atoms with Gasteiger partial charge in [0, 0.05) is 21.1 Å². The molecule has 0 heterocycles. The molecule has 0 aliphatic rings. The molecule has 0 saturated heterocycles. The summed E-state index contributed by atoms with van der Waals surface area (Å²) in [5.74, 6) is 0. The molecule has 30 valence electrons. The van der Waals surface area contributed by atoms with Gasteiger partial charge in [-0.25, -0.2) is 30.1 Å². The molecule has 0 aromatic rings. The summed E-state index contributed by atoms with van der Waals surface area (Å²) >= 11 is -1.72. The fourth-order valence-corrected chi connectivity index (χ4v) is 0. The molecule has 5 heteroatoms. The molecule has 0 aliphatic carbocycles. The summed E-state index contributed by atoms with van der Waals surface area (Å²) in [6.07, 6.45) is 0. The molecule has 0 rings (SSSR count). The Bertz CT molecular complexity index is 11.6. The van der Waals surface area contributed by atoms with Gasteiger partial charge in [0.1, 0.15) is 0 Å². The first-order chi connectivity index (χ1) is 1.73. The van der Waals surface area contributed by atoms with Crippen molar-refractivity contribution < 1.29 is 21.1 Å². The van der Waals surface area contributed by atoms with Gasteiger partial charge in [0.2, 0.25) is 0 Å². The van der Waals surface area contributed by atoms with Crippen molar-refractivity contribution in [3.8, 4) is 0 Å². The summed E-state index contributed by atoms with van der Waals surface area (Å²) in [6.45, 7) is 0. The van der Waals surface area contributed by atoms with Crippen LogP contribution in [-0.4, -0.2) is 11.4 Å². The van der Waals surface area contributed by atoms with Crippen LogP contribution in [0.25, 0.3) is 0 Å². The standard InChI is InChI=1S/Al.3ClH.Mo/h;3*1H;/q+3;;;;/p-3. The average molecular weight is 229 g/mol. The molecule has 0 N–H and O–H groups in total. The van der Waals surface area contributed by atoms with Crippen LogP contribution in [-0.2, 0) is 21.1 Å². The predicted molar refractivity (Wildman–Crippen MR) is 23.3 cm³/mol. The van der Waals surface area contributed by atoms with Gasteiger partial charge in [-0.1, -0.05) is 0 Å². The minimum Gasteiger partial charge on any atom is -0.214 e. The molecule has 0 radical (unpaired) electrons. The zero-order chi connectivity index (χ0) is 3.58. The molecule has 0 saturated carbocycles. The van der Waals surface area contributed by atoms with Gasteiger partial charge >= 0.3 is 11.4 Å². The summed E-state index contributed by atoms with van der Waals surface area (Å²) < 4.78 is 0. The third-order valence-electron chi connectivity index (χ3n) is 0. The van der Waals surface area contributed by atoms with E-state index in [1.807, 2.05) is 0 Å². The third kappa shape index (κ3) is 23.3. The van der Waals surface area contributed by atoms with Gasteiger partial charge in [-0.2, -0.15) is 0 Å². The topological polar surface area (TPSA) is 0 Å². The molecule has 0 aliphatic heterocycles. The quantitative estimate of drug-likeness (QED) is 0.554. The second-order valence-electron chi connectivity index (χ2n) is 0.247. The summed E-state index contributed by atoms with van der Waals surface area (Å²) in [4.78, 5) is 0. The predicted octanol–water partition coefficient (Wildman–Crippen LogP) is 1.69. The summed E-state index contributed by atoms with van der Waals surface area (Å²) in [5.41, 5.74) is 0. The van der Waals surface area contributed by atoms with Gasteiger partial charge in [0.05, 0.1) is 0 Å². The van der Waals surface area contributed by atoms with Crippen molar-refractivity contribution in [3.05, 3.63) is 0 Å². The van der Waals surface area contributed by atoms with E-state index in [9.17, 15) is 0 Å². The van der Waals surface area contributed by atoms with Gasteiger partial charge in [-0.05, 0) is 0 Å². The Morgan fingerprint density at radius 3 is 1.00 bits per heavy atom. The van der Waals surface area contributed by atoms with Crippen molar-refractivity contribution in [1.29, 1.82) is 0 Å². The Morgan fingerprint density at radius 2 is 1.00 bits per heavy atom.